The second kappa shape index (κ2) is 4.86. The van der Waals surface area contributed by atoms with E-state index in [0.717, 1.165) is 17.5 Å². The quantitative estimate of drug-likeness (QED) is 0.329. The molecule has 0 bridgehead atoms. The van der Waals surface area contributed by atoms with Crippen LogP contribution >= 0.6 is 0 Å². The predicted molar refractivity (Wildman–Crippen MR) is 73.5 cm³/mol. The molecule has 0 unspecified atom stereocenters. The van der Waals surface area contributed by atoms with Gasteiger partial charge in [-0.05, 0) is 18.2 Å². The number of oxime groups is 1. The molecule has 3 N–H and O–H groups in total. The number of nitrogens with two attached hydrogens (primary N) is 1. The Morgan fingerprint density at radius 1 is 1.19 bits per heavy atom. The van der Waals surface area contributed by atoms with Gasteiger partial charge < -0.3 is 10.9 Å². The summed E-state index contributed by atoms with van der Waals surface area (Å²) < 4.78 is 29.6. The van der Waals surface area contributed by atoms with Gasteiger partial charge in [0.25, 0.3) is 0 Å². The molecule has 7 heteroatoms. The van der Waals surface area contributed by atoms with Crippen LogP contribution in [0.1, 0.15) is 5.56 Å². The van der Waals surface area contributed by atoms with E-state index >= 15 is 0 Å². The molecule has 0 aliphatic rings. The van der Waals surface area contributed by atoms with Gasteiger partial charge in [-0.3, -0.25) is 0 Å². The molecule has 0 aliphatic carbocycles. The minimum absolute atomic E-state index is 0.0484. The highest BCUT2D eigenvalue weighted by molar-refractivity contribution is 5.97. The highest BCUT2D eigenvalue weighted by atomic mass is 19.1. The predicted octanol–water partition coefficient (Wildman–Crippen LogP) is 2.40. The van der Waals surface area contributed by atoms with Crippen molar-refractivity contribution < 1.29 is 14.0 Å². The number of nitrogens with zero attached hydrogens (tertiary/aromatic N) is 3. The van der Waals surface area contributed by atoms with Crippen LogP contribution in [-0.2, 0) is 0 Å². The van der Waals surface area contributed by atoms with Crippen molar-refractivity contribution in [3.8, 4) is 5.69 Å². The molecule has 5 nitrogen and oxygen atoms in total. The summed E-state index contributed by atoms with van der Waals surface area (Å²) in [5.41, 5.74) is 5.55. The molecule has 106 valence electrons. The fourth-order valence-electron chi connectivity index (χ4n) is 2.12. The minimum atomic E-state index is -0.856. The van der Waals surface area contributed by atoms with Gasteiger partial charge in [0.2, 0.25) is 0 Å². The molecule has 0 spiro atoms. The van der Waals surface area contributed by atoms with E-state index in [4.69, 9.17) is 10.9 Å². The molecule has 0 fully saturated rings. The first-order valence-electron chi connectivity index (χ1n) is 6.02. The van der Waals surface area contributed by atoms with Crippen LogP contribution in [0.15, 0.2) is 47.8 Å². The maximum absolute atomic E-state index is 14.2. The maximum atomic E-state index is 14.2. The highest BCUT2D eigenvalue weighted by Crippen LogP contribution is 2.24. The molecule has 3 aromatic rings. The van der Waals surface area contributed by atoms with Gasteiger partial charge >= 0.3 is 0 Å². The summed E-state index contributed by atoms with van der Waals surface area (Å²) in [6.07, 6.45) is 1.52. The van der Waals surface area contributed by atoms with E-state index in [1.807, 2.05) is 6.07 Å². The number of hydrogen-bond donors (Lipinski definition) is 2. The lowest BCUT2D eigenvalue weighted by Crippen LogP contribution is -2.15. The zero-order valence-electron chi connectivity index (χ0n) is 10.7. The highest BCUT2D eigenvalue weighted by Gasteiger charge is 2.17. The van der Waals surface area contributed by atoms with Gasteiger partial charge in [0.1, 0.15) is 5.69 Å². The molecular weight excluding hydrogens is 278 g/mol. The summed E-state index contributed by atoms with van der Waals surface area (Å²) in [5.74, 6) is -2.08. The van der Waals surface area contributed by atoms with Crippen LogP contribution in [-0.4, -0.2) is 20.8 Å². The lowest BCUT2D eigenvalue weighted by atomic mass is 10.1. The molecule has 1 aromatic heterocycles. The largest absolute Gasteiger partial charge is 0.409 e. The van der Waals surface area contributed by atoms with Crippen LogP contribution in [0.5, 0.6) is 0 Å². The molecule has 0 atom stereocenters. The van der Waals surface area contributed by atoms with Crippen molar-refractivity contribution in [1.82, 2.24) is 9.78 Å². The van der Waals surface area contributed by atoms with Crippen molar-refractivity contribution in [2.45, 2.75) is 0 Å². The van der Waals surface area contributed by atoms with Gasteiger partial charge in [-0.15, -0.1) is 0 Å². The van der Waals surface area contributed by atoms with Crippen LogP contribution in [0.25, 0.3) is 16.6 Å². The normalized spacial score (nSPS) is 12.0. The topological polar surface area (TPSA) is 76.4 Å². The molecule has 1 heterocycles. The Hall–Kier alpha value is -2.96. The molecule has 0 radical (unpaired) electrons. The van der Waals surface area contributed by atoms with E-state index in [2.05, 4.69) is 10.3 Å². The molecule has 2 aromatic carbocycles. The Balaban J connectivity index is 2.24. The first-order valence-corrected chi connectivity index (χ1v) is 6.02. The van der Waals surface area contributed by atoms with Crippen LogP contribution in [0.2, 0.25) is 0 Å². The fourth-order valence-corrected chi connectivity index (χ4v) is 2.12. The fraction of sp³-hybridized carbons (Fsp3) is 0. The molecule has 3 rings (SSSR count). The smallest absolute Gasteiger partial charge is 0.170 e. The van der Waals surface area contributed by atoms with Gasteiger partial charge in [0, 0.05) is 10.9 Å². The number of benzene rings is 2. The van der Waals surface area contributed by atoms with E-state index in [-0.39, 0.29) is 17.1 Å². The number of amidine groups is 1. The van der Waals surface area contributed by atoms with Gasteiger partial charge in [-0.25, -0.2) is 13.5 Å². The van der Waals surface area contributed by atoms with Gasteiger partial charge in [-0.2, -0.15) is 5.10 Å². The molecule has 0 amide bonds. The van der Waals surface area contributed by atoms with Crippen LogP contribution in [0.4, 0.5) is 8.78 Å². The number of halogens is 2. The number of rotatable bonds is 2. The second-order valence-corrected chi connectivity index (χ2v) is 4.39. The third kappa shape index (κ3) is 2.08. The van der Waals surface area contributed by atoms with E-state index in [0.29, 0.717) is 5.52 Å². The van der Waals surface area contributed by atoms with Crippen molar-refractivity contribution in [2.24, 2.45) is 10.9 Å². The lowest BCUT2D eigenvalue weighted by molar-refractivity contribution is 0.318. The number of fused-ring (bicyclic) bond motifs is 1. The molecule has 0 saturated carbocycles. The van der Waals surface area contributed by atoms with Crippen LogP contribution in [0, 0.1) is 11.6 Å². The van der Waals surface area contributed by atoms with Crippen LogP contribution in [0.3, 0.4) is 0 Å². The van der Waals surface area contributed by atoms with Gasteiger partial charge in [0.05, 0.1) is 11.7 Å². The van der Waals surface area contributed by atoms with Crippen molar-refractivity contribution in [2.75, 3.05) is 0 Å². The molecule has 21 heavy (non-hydrogen) atoms. The Kier molecular flexibility index (Phi) is 3.02. The zero-order valence-corrected chi connectivity index (χ0v) is 10.7. The van der Waals surface area contributed by atoms with Gasteiger partial charge in [0.15, 0.2) is 17.5 Å². The van der Waals surface area contributed by atoms with Crippen molar-refractivity contribution in [3.05, 3.63) is 59.8 Å². The standard InChI is InChI=1S/C14H10F2N4O/c15-10-5-9(14(17)19-21)6-11(16)13(10)20-12-4-2-1-3-8(12)7-18-20/h1-7,21H,(H2,17,19). The second-order valence-electron chi connectivity index (χ2n) is 4.39. The molecular formula is C14H10F2N4O. The summed E-state index contributed by atoms with van der Waals surface area (Å²) in [5, 5.41) is 16.1. The Labute approximate surface area is 117 Å². The monoisotopic (exact) mass is 288 g/mol. The third-order valence-corrected chi connectivity index (χ3v) is 3.11. The van der Waals surface area contributed by atoms with E-state index in [9.17, 15) is 8.78 Å². The first kappa shape index (κ1) is 13.0. The minimum Gasteiger partial charge on any atom is -0.409 e. The van der Waals surface area contributed by atoms with E-state index in [1.54, 1.807) is 18.2 Å². The van der Waals surface area contributed by atoms with Crippen LogP contribution < -0.4 is 5.73 Å². The first-order chi connectivity index (χ1) is 10.1. The Bertz CT molecular complexity index is 834. The van der Waals surface area contributed by atoms with Crippen molar-refractivity contribution in [3.63, 3.8) is 0 Å². The molecule has 0 aliphatic heterocycles. The number of para-hydroxylation sites is 1. The Morgan fingerprint density at radius 3 is 2.52 bits per heavy atom. The molecule has 0 saturated heterocycles. The average Bonchev–Trinajstić information content (AvgIpc) is 2.90. The van der Waals surface area contributed by atoms with Gasteiger partial charge in [-0.1, -0.05) is 23.4 Å². The van der Waals surface area contributed by atoms with Crippen molar-refractivity contribution in [1.29, 1.82) is 0 Å². The summed E-state index contributed by atoms with van der Waals surface area (Å²) in [6.45, 7) is 0. The summed E-state index contributed by atoms with van der Waals surface area (Å²) in [6, 6.07) is 9.04. The van der Waals surface area contributed by atoms with Crippen molar-refractivity contribution >= 4 is 16.7 Å². The Morgan fingerprint density at radius 2 is 1.86 bits per heavy atom. The summed E-state index contributed by atoms with van der Waals surface area (Å²) in [4.78, 5) is 0. The SMILES string of the molecule is N/C(=N/O)c1cc(F)c(-n2ncc3ccccc32)c(F)c1. The average molecular weight is 288 g/mol. The summed E-state index contributed by atoms with van der Waals surface area (Å²) >= 11 is 0. The maximum Gasteiger partial charge on any atom is 0.170 e. The van der Waals surface area contributed by atoms with E-state index < -0.39 is 11.6 Å². The summed E-state index contributed by atoms with van der Waals surface area (Å²) in [7, 11) is 0. The van der Waals surface area contributed by atoms with E-state index in [1.165, 1.54) is 10.9 Å². The number of hydrogen-bond acceptors (Lipinski definition) is 3. The third-order valence-electron chi connectivity index (χ3n) is 3.11. The lowest BCUT2D eigenvalue weighted by Gasteiger charge is -2.08. The zero-order chi connectivity index (χ0) is 15.0. The number of aromatic nitrogens is 2.